The molecular weight excluding hydrogens is 244 g/mol. The fourth-order valence-electron chi connectivity index (χ4n) is 3.00. The molecule has 1 N–H and O–H groups in total. The molecule has 2 aromatic rings. The topological polar surface area (TPSA) is 24.9 Å². The molecule has 0 radical (unpaired) electrons. The zero-order chi connectivity index (χ0) is 15.1. The maximum atomic E-state index is 4.93. The van der Waals surface area contributed by atoms with Crippen LogP contribution in [0.2, 0.25) is 0 Å². The van der Waals surface area contributed by atoms with E-state index in [0.717, 1.165) is 11.2 Å². The standard InChI is InChI=1S/C18H26N2/c1-11(2)15-12(3)20-16-13(17(15)19-7)9-8-10-14(16)18(4,5)6/h8-11H,1-7H3,(H,19,20). The molecule has 0 fully saturated rings. The molecule has 2 nitrogen and oxygen atoms in total. The fraction of sp³-hybridized carbons (Fsp3) is 0.500. The van der Waals surface area contributed by atoms with Crippen LogP contribution in [0.5, 0.6) is 0 Å². The van der Waals surface area contributed by atoms with Crippen molar-refractivity contribution in [2.45, 2.75) is 52.9 Å². The third-order valence-corrected chi connectivity index (χ3v) is 3.88. The summed E-state index contributed by atoms with van der Waals surface area (Å²) in [5.41, 5.74) is 6.23. The second-order valence-corrected chi connectivity index (χ2v) is 6.84. The molecule has 0 saturated carbocycles. The van der Waals surface area contributed by atoms with Gasteiger partial charge in [-0.3, -0.25) is 4.98 Å². The average Bonchev–Trinajstić information content (AvgIpc) is 2.34. The van der Waals surface area contributed by atoms with Gasteiger partial charge in [-0.1, -0.05) is 52.8 Å². The fourth-order valence-corrected chi connectivity index (χ4v) is 3.00. The van der Waals surface area contributed by atoms with Crippen LogP contribution in [0.1, 0.15) is 57.4 Å². The van der Waals surface area contributed by atoms with Gasteiger partial charge in [0, 0.05) is 23.8 Å². The first kappa shape index (κ1) is 14.8. The Morgan fingerprint density at radius 3 is 2.30 bits per heavy atom. The molecule has 0 unspecified atom stereocenters. The van der Waals surface area contributed by atoms with Crippen LogP contribution in [0, 0.1) is 6.92 Å². The first-order valence-electron chi connectivity index (χ1n) is 7.38. The lowest BCUT2D eigenvalue weighted by Crippen LogP contribution is -2.13. The summed E-state index contributed by atoms with van der Waals surface area (Å²) in [6.45, 7) is 13.3. The predicted octanol–water partition coefficient (Wildman–Crippen LogP) is 5.01. The summed E-state index contributed by atoms with van der Waals surface area (Å²) in [4.78, 5) is 4.93. The summed E-state index contributed by atoms with van der Waals surface area (Å²) in [6, 6.07) is 6.52. The smallest absolute Gasteiger partial charge is 0.0763 e. The number of anilines is 1. The summed E-state index contributed by atoms with van der Waals surface area (Å²) < 4.78 is 0. The molecule has 2 heteroatoms. The molecule has 0 aliphatic heterocycles. The second-order valence-electron chi connectivity index (χ2n) is 6.84. The molecule has 108 valence electrons. The van der Waals surface area contributed by atoms with Crippen LogP contribution in [-0.2, 0) is 5.41 Å². The third-order valence-electron chi connectivity index (χ3n) is 3.88. The number of nitrogens with one attached hydrogen (secondary N) is 1. The molecule has 1 aromatic heterocycles. The Kier molecular flexibility index (Phi) is 3.77. The van der Waals surface area contributed by atoms with Crippen LogP contribution in [0.4, 0.5) is 5.69 Å². The minimum atomic E-state index is 0.101. The number of rotatable bonds is 2. The molecule has 0 bridgehead atoms. The Bertz CT molecular complexity index is 634. The molecule has 0 amide bonds. The SMILES string of the molecule is CNc1c(C(C)C)c(C)nc2c(C(C)(C)C)cccc12. The molecule has 0 spiro atoms. The van der Waals surface area contributed by atoms with E-state index < -0.39 is 0 Å². The molecule has 1 heterocycles. The molecule has 2 rings (SSSR count). The van der Waals surface area contributed by atoms with E-state index in [9.17, 15) is 0 Å². The molecule has 0 aliphatic rings. The highest BCUT2D eigenvalue weighted by Gasteiger charge is 2.21. The molecular formula is C18H26N2. The Balaban J connectivity index is 2.91. The zero-order valence-corrected chi connectivity index (χ0v) is 13.8. The van der Waals surface area contributed by atoms with Crippen LogP contribution in [0.3, 0.4) is 0 Å². The van der Waals surface area contributed by atoms with Crippen molar-refractivity contribution in [2.75, 3.05) is 12.4 Å². The Labute approximate surface area is 122 Å². The van der Waals surface area contributed by atoms with E-state index in [1.165, 1.54) is 22.2 Å². The van der Waals surface area contributed by atoms with Crippen LogP contribution in [0.25, 0.3) is 10.9 Å². The Hall–Kier alpha value is -1.57. The highest BCUT2D eigenvalue weighted by atomic mass is 14.9. The van der Waals surface area contributed by atoms with Gasteiger partial charge < -0.3 is 5.32 Å². The highest BCUT2D eigenvalue weighted by Crippen LogP contribution is 2.37. The van der Waals surface area contributed by atoms with E-state index >= 15 is 0 Å². The largest absolute Gasteiger partial charge is 0.387 e. The number of nitrogens with zero attached hydrogens (tertiary/aromatic N) is 1. The maximum absolute atomic E-state index is 4.93. The Morgan fingerprint density at radius 1 is 1.15 bits per heavy atom. The van der Waals surface area contributed by atoms with Gasteiger partial charge in [0.25, 0.3) is 0 Å². The summed E-state index contributed by atoms with van der Waals surface area (Å²) in [5.74, 6) is 0.465. The number of para-hydroxylation sites is 1. The number of pyridine rings is 1. The number of hydrogen-bond donors (Lipinski definition) is 1. The van der Waals surface area contributed by atoms with Crippen LogP contribution < -0.4 is 5.32 Å². The van der Waals surface area contributed by atoms with E-state index in [1.807, 2.05) is 7.05 Å². The van der Waals surface area contributed by atoms with Crippen LogP contribution in [0.15, 0.2) is 18.2 Å². The van der Waals surface area contributed by atoms with Gasteiger partial charge in [-0.2, -0.15) is 0 Å². The van der Waals surface area contributed by atoms with Gasteiger partial charge in [-0.05, 0) is 29.4 Å². The lowest BCUT2D eigenvalue weighted by Gasteiger charge is -2.24. The first-order valence-corrected chi connectivity index (χ1v) is 7.38. The monoisotopic (exact) mass is 270 g/mol. The lowest BCUT2D eigenvalue weighted by atomic mass is 9.84. The summed E-state index contributed by atoms with van der Waals surface area (Å²) >= 11 is 0. The average molecular weight is 270 g/mol. The minimum Gasteiger partial charge on any atom is -0.387 e. The molecule has 20 heavy (non-hydrogen) atoms. The predicted molar refractivity (Wildman–Crippen MR) is 88.8 cm³/mol. The minimum absolute atomic E-state index is 0.101. The quantitative estimate of drug-likeness (QED) is 0.830. The van der Waals surface area contributed by atoms with Crippen molar-refractivity contribution < 1.29 is 0 Å². The molecule has 1 aromatic carbocycles. The van der Waals surface area contributed by atoms with Gasteiger partial charge in [0.15, 0.2) is 0 Å². The number of aromatic nitrogens is 1. The summed E-state index contributed by atoms with van der Waals surface area (Å²) in [6.07, 6.45) is 0. The van der Waals surface area contributed by atoms with Crippen molar-refractivity contribution in [1.29, 1.82) is 0 Å². The third kappa shape index (κ3) is 2.39. The van der Waals surface area contributed by atoms with Gasteiger partial charge >= 0.3 is 0 Å². The van der Waals surface area contributed by atoms with Crippen LogP contribution in [-0.4, -0.2) is 12.0 Å². The van der Waals surface area contributed by atoms with E-state index in [1.54, 1.807) is 0 Å². The van der Waals surface area contributed by atoms with Gasteiger partial charge in [-0.25, -0.2) is 0 Å². The van der Waals surface area contributed by atoms with E-state index in [4.69, 9.17) is 4.98 Å². The summed E-state index contributed by atoms with van der Waals surface area (Å²) in [7, 11) is 2.00. The number of aryl methyl sites for hydroxylation is 1. The van der Waals surface area contributed by atoms with Crippen molar-refractivity contribution in [3.05, 3.63) is 35.0 Å². The number of fused-ring (bicyclic) bond motifs is 1. The molecule has 0 atom stereocenters. The van der Waals surface area contributed by atoms with E-state index in [-0.39, 0.29) is 5.41 Å². The van der Waals surface area contributed by atoms with E-state index in [2.05, 4.69) is 65.1 Å². The number of hydrogen-bond acceptors (Lipinski definition) is 2. The van der Waals surface area contributed by atoms with Crippen molar-refractivity contribution >= 4 is 16.6 Å². The normalized spacial score (nSPS) is 12.2. The van der Waals surface area contributed by atoms with Crippen LogP contribution >= 0.6 is 0 Å². The van der Waals surface area contributed by atoms with Crippen molar-refractivity contribution in [2.24, 2.45) is 0 Å². The molecule has 0 saturated heterocycles. The van der Waals surface area contributed by atoms with Crippen molar-refractivity contribution in [3.8, 4) is 0 Å². The van der Waals surface area contributed by atoms with Crippen molar-refractivity contribution in [1.82, 2.24) is 4.98 Å². The Morgan fingerprint density at radius 2 is 1.80 bits per heavy atom. The maximum Gasteiger partial charge on any atom is 0.0763 e. The van der Waals surface area contributed by atoms with Crippen molar-refractivity contribution in [3.63, 3.8) is 0 Å². The number of benzene rings is 1. The highest BCUT2D eigenvalue weighted by molar-refractivity contribution is 5.95. The van der Waals surface area contributed by atoms with Gasteiger partial charge in [0.2, 0.25) is 0 Å². The second kappa shape index (κ2) is 5.08. The van der Waals surface area contributed by atoms with Gasteiger partial charge in [0.05, 0.1) is 5.52 Å². The molecule has 0 aliphatic carbocycles. The first-order chi connectivity index (χ1) is 9.27. The van der Waals surface area contributed by atoms with Gasteiger partial charge in [-0.15, -0.1) is 0 Å². The summed E-state index contributed by atoms with van der Waals surface area (Å²) in [5, 5.41) is 4.63. The van der Waals surface area contributed by atoms with E-state index in [0.29, 0.717) is 5.92 Å². The zero-order valence-electron chi connectivity index (χ0n) is 13.8. The lowest BCUT2D eigenvalue weighted by molar-refractivity contribution is 0.594. The van der Waals surface area contributed by atoms with Gasteiger partial charge in [0.1, 0.15) is 0 Å².